The summed E-state index contributed by atoms with van der Waals surface area (Å²) in [6, 6.07) is 13.9. The average Bonchev–Trinajstić information content (AvgIpc) is 3.42. The van der Waals surface area contributed by atoms with E-state index in [0.29, 0.717) is 37.4 Å². The Kier molecular flexibility index (Phi) is 6.58. The van der Waals surface area contributed by atoms with Crippen molar-refractivity contribution in [2.24, 2.45) is 0 Å². The normalized spacial score (nSPS) is 17.5. The molecule has 4 rings (SSSR count). The maximum atomic E-state index is 13.1. The zero-order valence-corrected chi connectivity index (χ0v) is 18.8. The van der Waals surface area contributed by atoms with Crippen LogP contribution >= 0.6 is 0 Å². The summed E-state index contributed by atoms with van der Waals surface area (Å²) in [5.41, 5.74) is 2.40. The van der Waals surface area contributed by atoms with Gasteiger partial charge in [0.05, 0.1) is 24.5 Å². The minimum Gasteiger partial charge on any atom is -0.507 e. The van der Waals surface area contributed by atoms with Crippen molar-refractivity contribution in [1.29, 1.82) is 0 Å². The molecule has 1 aromatic heterocycles. The third kappa shape index (κ3) is 4.67. The van der Waals surface area contributed by atoms with Crippen LogP contribution in [0.25, 0.3) is 5.76 Å². The molecule has 0 aliphatic carbocycles. The third-order valence-electron chi connectivity index (χ3n) is 5.75. The maximum Gasteiger partial charge on any atom is 0.295 e. The van der Waals surface area contributed by atoms with Gasteiger partial charge in [-0.25, -0.2) is 4.98 Å². The molecular weight excluding hydrogens is 418 g/mol. The molecule has 1 amide bonds. The van der Waals surface area contributed by atoms with Gasteiger partial charge < -0.3 is 19.3 Å². The van der Waals surface area contributed by atoms with Crippen LogP contribution in [0.5, 0.6) is 5.75 Å². The Hall–Kier alpha value is -3.87. The van der Waals surface area contributed by atoms with Crippen molar-refractivity contribution in [2.75, 3.05) is 13.2 Å². The quantitative estimate of drug-likeness (QED) is 0.321. The number of rotatable bonds is 8. The fraction of sp³-hybridized carbons (Fsp3) is 0.269. The van der Waals surface area contributed by atoms with Gasteiger partial charge >= 0.3 is 0 Å². The fourth-order valence-electron chi connectivity index (χ4n) is 4.08. The molecule has 1 fully saturated rings. The first-order valence-corrected chi connectivity index (χ1v) is 11.0. The van der Waals surface area contributed by atoms with E-state index < -0.39 is 17.7 Å². The van der Waals surface area contributed by atoms with Crippen LogP contribution in [0.1, 0.15) is 36.1 Å². The van der Waals surface area contributed by atoms with Gasteiger partial charge in [-0.3, -0.25) is 9.59 Å². The molecular formula is C26H27N3O4. The maximum absolute atomic E-state index is 13.1. The van der Waals surface area contributed by atoms with E-state index in [9.17, 15) is 14.7 Å². The zero-order chi connectivity index (χ0) is 23.4. The highest BCUT2D eigenvalue weighted by Gasteiger charge is 2.45. The highest BCUT2D eigenvalue weighted by molar-refractivity contribution is 6.46. The van der Waals surface area contributed by atoms with Gasteiger partial charge in [0.15, 0.2) is 0 Å². The van der Waals surface area contributed by atoms with Crippen molar-refractivity contribution in [3.63, 3.8) is 0 Å². The van der Waals surface area contributed by atoms with Gasteiger partial charge in [0, 0.05) is 31.0 Å². The van der Waals surface area contributed by atoms with Gasteiger partial charge in [0.25, 0.3) is 11.7 Å². The lowest BCUT2D eigenvalue weighted by Crippen LogP contribution is -2.31. The molecule has 170 valence electrons. The Morgan fingerprint density at radius 3 is 2.42 bits per heavy atom. The Bertz CT molecular complexity index is 1150. The fourth-order valence-corrected chi connectivity index (χ4v) is 4.08. The smallest absolute Gasteiger partial charge is 0.295 e. The number of benzene rings is 2. The van der Waals surface area contributed by atoms with Gasteiger partial charge in [-0.15, -0.1) is 0 Å². The zero-order valence-electron chi connectivity index (χ0n) is 18.8. The number of Topliss-reactive ketones (excluding diaryl/α,β-unsaturated/α-hetero) is 1. The number of ether oxygens (including phenoxy) is 1. The number of carbonyl (C=O) groups excluding carboxylic acids is 2. The molecule has 0 spiro atoms. The van der Waals surface area contributed by atoms with Gasteiger partial charge in [0.2, 0.25) is 0 Å². The summed E-state index contributed by atoms with van der Waals surface area (Å²) in [6.07, 6.45) is 5.92. The second-order valence-corrected chi connectivity index (χ2v) is 8.01. The van der Waals surface area contributed by atoms with Crippen molar-refractivity contribution in [3.05, 3.63) is 89.5 Å². The molecule has 1 aliphatic rings. The van der Waals surface area contributed by atoms with Crippen molar-refractivity contribution < 1.29 is 19.4 Å². The summed E-state index contributed by atoms with van der Waals surface area (Å²) in [5, 5.41) is 11.1. The largest absolute Gasteiger partial charge is 0.507 e. The molecule has 0 bridgehead atoms. The van der Waals surface area contributed by atoms with E-state index in [1.165, 1.54) is 0 Å². The number of hydrogen-bond donors (Lipinski definition) is 1. The highest BCUT2D eigenvalue weighted by atomic mass is 16.5. The third-order valence-corrected chi connectivity index (χ3v) is 5.75. The number of aliphatic hydroxyl groups excluding tert-OH is 1. The molecule has 1 N–H and O–H groups in total. The Morgan fingerprint density at radius 1 is 1.06 bits per heavy atom. The molecule has 7 nitrogen and oxygen atoms in total. The molecule has 0 unspecified atom stereocenters. The first kappa shape index (κ1) is 22.3. The average molecular weight is 446 g/mol. The van der Waals surface area contributed by atoms with E-state index >= 15 is 0 Å². The SMILES string of the molecule is CCOc1ccc([C@H]2/C(=C(\O)c3ccc(C)cc3)C(=O)C(=O)N2CCCn2ccnc2)cc1. The van der Waals surface area contributed by atoms with Crippen molar-refractivity contribution in [2.45, 2.75) is 32.9 Å². The van der Waals surface area contributed by atoms with E-state index in [0.717, 1.165) is 11.1 Å². The van der Waals surface area contributed by atoms with Crippen LogP contribution in [0.3, 0.4) is 0 Å². The number of aromatic nitrogens is 2. The van der Waals surface area contributed by atoms with Crippen LogP contribution in [-0.4, -0.2) is 44.4 Å². The lowest BCUT2D eigenvalue weighted by molar-refractivity contribution is -0.139. The number of hydrogen-bond acceptors (Lipinski definition) is 5. The number of likely N-dealkylation sites (tertiary alicyclic amines) is 1. The molecule has 0 radical (unpaired) electrons. The minimum atomic E-state index is -0.676. The first-order valence-electron chi connectivity index (χ1n) is 11.0. The standard InChI is InChI=1S/C26H27N3O4/c1-3-33-21-11-9-19(10-12-21)23-22(24(30)20-7-5-18(2)6-8-20)25(31)26(32)29(23)15-4-14-28-16-13-27-17-28/h5-13,16-17,23,30H,3-4,14-15H2,1-2H3/b24-22+/t23-/m0/s1. The van der Waals surface area contributed by atoms with E-state index in [1.807, 2.05) is 61.0 Å². The molecule has 1 atom stereocenters. The van der Waals surface area contributed by atoms with Crippen LogP contribution in [0.15, 0.2) is 72.8 Å². The lowest BCUT2D eigenvalue weighted by atomic mass is 9.95. The molecule has 2 aromatic carbocycles. The summed E-state index contributed by atoms with van der Waals surface area (Å²) in [6.45, 7) is 5.43. The molecule has 7 heteroatoms. The second-order valence-electron chi connectivity index (χ2n) is 8.01. The van der Waals surface area contributed by atoms with Crippen LogP contribution in [0.4, 0.5) is 0 Å². The van der Waals surface area contributed by atoms with Crippen LogP contribution in [0, 0.1) is 6.92 Å². The van der Waals surface area contributed by atoms with Crippen LogP contribution in [-0.2, 0) is 16.1 Å². The summed E-state index contributed by atoms with van der Waals surface area (Å²) in [7, 11) is 0. The number of ketones is 1. The van der Waals surface area contributed by atoms with E-state index in [4.69, 9.17) is 4.74 Å². The molecule has 3 aromatic rings. The Balaban J connectivity index is 1.71. The van der Waals surface area contributed by atoms with Crippen molar-refractivity contribution in [1.82, 2.24) is 14.5 Å². The predicted octanol–water partition coefficient (Wildman–Crippen LogP) is 4.10. The number of aryl methyl sites for hydroxylation is 2. The molecule has 1 aliphatic heterocycles. The van der Waals surface area contributed by atoms with E-state index in [2.05, 4.69) is 4.98 Å². The monoisotopic (exact) mass is 445 g/mol. The number of carbonyl (C=O) groups is 2. The van der Waals surface area contributed by atoms with E-state index in [-0.39, 0.29) is 11.3 Å². The highest BCUT2D eigenvalue weighted by Crippen LogP contribution is 2.40. The number of aliphatic hydroxyl groups is 1. The molecule has 33 heavy (non-hydrogen) atoms. The summed E-state index contributed by atoms with van der Waals surface area (Å²) in [4.78, 5) is 31.7. The summed E-state index contributed by atoms with van der Waals surface area (Å²) < 4.78 is 7.46. The second kappa shape index (κ2) is 9.73. The number of amides is 1. The molecule has 1 saturated heterocycles. The van der Waals surface area contributed by atoms with Crippen molar-refractivity contribution in [3.8, 4) is 5.75 Å². The van der Waals surface area contributed by atoms with Crippen LogP contribution < -0.4 is 4.74 Å². The number of nitrogens with zero attached hydrogens (tertiary/aromatic N) is 3. The Labute approximate surface area is 192 Å². The first-order chi connectivity index (χ1) is 16.0. The lowest BCUT2D eigenvalue weighted by Gasteiger charge is -2.25. The Morgan fingerprint density at radius 2 is 1.79 bits per heavy atom. The predicted molar refractivity (Wildman–Crippen MR) is 125 cm³/mol. The summed E-state index contributed by atoms with van der Waals surface area (Å²) in [5.74, 6) is -0.732. The molecule has 0 saturated carbocycles. The van der Waals surface area contributed by atoms with E-state index in [1.54, 1.807) is 29.6 Å². The topological polar surface area (TPSA) is 84.7 Å². The molecule has 2 heterocycles. The summed E-state index contributed by atoms with van der Waals surface area (Å²) >= 11 is 0. The number of imidazole rings is 1. The van der Waals surface area contributed by atoms with Gasteiger partial charge in [-0.1, -0.05) is 42.0 Å². The van der Waals surface area contributed by atoms with Crippen molar-refractivity contribution >= 4 is 17.4 Å². The minimum absolute atomic E-state index is 0.107. The van der Waals surface area contributed by atoms with Gasteiger partial charge in [-0.05, 0) is 38.0 Å². The van der Waals surface area contributed by atoms with Gasteiger partial charge in [0.1, 0.15) is 11.5 Å². The van der Waals surface area contributed by atoms with Crippen LogP contribution in [0.2, 0.25) is 0 Å². The van der Waals surface area contributed by atoms with Gasteiger partial charge in [-0.2, -0.15) is 0 Å².